The van der Waals surface area contributed by atoms with Crippen molar-refractivity contribution in [3.05, 3.63) is 101 Å². The summed E-state index contributed by atoms with van der Waals surface area (Å²) in [6.45, 7) is 26.1. The Morgan fingerprint density at radius 3 is 1.56 bits per heavy atom. The van der Waals surface area contributed by atoms with Crippen molar-refractivity contribution in [1.82, 2.24) is 41.0 Å². The van der Waals surface area contributed by atoms with Crippen LogP contribution in [-0.4, -0.2) is 164 Å². The van der Waals surface area contributed by atoms with Gasteiger partial charge in [0.05, 0.1) is 36.5 Å². The van der Waals surface area contributed by atoms with Crippen LogP contribution in [0, 0.1) is 29.6 Å². The van der Waals surface area contributed by atoms with Gasteiger partial charge in [0.2, 0.25) is 23.6 Å². The fourth-order valence-corrected chi connectivity index (χ4v) is 13.3. The summed E-state index contributed by atoms with van der Waals surface area (Å²) in [5, 5.41) is 22.7. The number of pyridine rings is 2. The molecule has 2 aromatic carbocycles. The maximum atomic E-state index is 14.4. The number of rotatable bonds is 19. The first-order valence-electron chi connectivity index (χ1n) is 33.1. The van der Waals surface area contributed by atoms with Crippen molar-refractivity contribution in [2.24, 2.45) is 22.7 Å². The molecule has 24 nitrogen and oxygen atoms in total. The number of carbonyl (C=O) groups is 10. The number of ketones is 4. The standard InChI is InChI=1S/C36H46N4O7.C24H37N3O6.C12H11NO3.3CH4/c1-8-23-18-36(23,22(4)42)39-32(43)29-16-25(46-30-17-27(21(3)41)37-28-15-20(2)13-14-26(28)30)19-40(29)33(44)31(35(5,6)7)38-34(45)47-24-11-9-10-12-24;1-6-15-12-24(15,14(2)28)26-20(30)18-11-16(29)13-27(18)21(31)19(23(3,4)5)25-22(32)33-17-9-7-8-10-17;1-7(14)10-6-12(15)9-4-3-8(16-2)5-11(9)13-10;;;/h8,13-15,17,23-25,29,31H,1,9-12,16,18-19H2,2-7H3,(H,38,45)(H,39,43);6,15-19,29H,1,7-13H2,2-5H3,(H,25,32)(H,26,30);3-6H,1-2H3,(H,13,15);3*1H4/t23-,25-,29+,31-,36+;15-,16+,18+,19-,24+;;;;/m11..../s1. The van der Waals surface area contributed by atoms with Crippen molar-refractivity contribution in [2.75, 3.05) is 20.2 Å². The molecule has 10 atom stereocenters. The third-order valence-electron chi connectivity index (χ3n) is 19.2. The number of aromatic amines is 1. The Hall–Kier alpha value is -8.80. The monoisotopic (exact) mass is 1370 g/mol. The van der Waals surface area contributed by atoms with E-state index in [1.807, 2.05) is 66.7 Å². The normalized spacial score (nSPS) is 23.6. The smallest absolute Gasteiger partial charge is 0.408 e. The van der Waals surface area contributed by atoms with E-state index in [0.717, 1.165) is 56.9 Å². The molecule has 10 rings (SSSR count). The van der Waals surface area contributed by atoms with Crippen LogP contribution in [0.5, 0.6) is 11.5 Å². The maximum Gasteiger partial charge on any atom is 0.408 e. The van der Waals surface area contributed by atoms with Crippen LogP contribution >= 0.6 is 0 Å². The number of nitrogens with one attached hydrogen (secondary N) is 5. The predicted molar refractivity (Wildman–Crippen MR) is 378 cm³/mol. The highest BCUT2D eigenvalue weighted by Gasteiger charge is 2.60. The SMILES string of the molecule is C.C.C.C=C[C@@H]1C[C@]1(NC(=O)[C@@H]1C[C@@H](Oc2cc(C(C)=O)nc3cc(C)ccc23)CN1C(=O)[C@@H](NC(=O)OC1CCCC1)C(C)(C)C)C(C)=O.C=C[C@@H]1C[C@]1(NC(=O)[C@@H]1C[C@H](O)CN1C(=O)[C@@H](NC(=O)OC1CCCC1)C(C)(C)C)C(C)=O.COc1ccc2c(=O)cc(C(C)=O)[nH]c2c1. The van der Waals surface area contributed by atoms with Crippen LogP contribution in [-0.2, 0) is 38.2 Å². The molecular weight excluding hydrogens is 1270 g/mol. The molecule has 4 heterocycles. The Kier molecular flexibility index (Phi) is 26.9. The van der Waals surface area contributed by atoms with Gasteiger partial charge in [-0.2, -0.15) is 0 Å². The van der Waals surface area contributed by atoms with Crippen molar-refractivity contribution in [2.45, 2.75) is 235 Å². The fourth-order valence-electron chi connectivity index (χ4n) is 13.3. The second-order valence-corrected chi connectivity index (χ2v) is 28.6. The summed E-state index contributed by atoms with van der Waals surface area (Å²) in [4.78, 5) is 151. The van der Waals surface area contributed by atoms with Gasteiger partial charge < -0.3 is 60.1 Å². The Bertz CT molecular complexity index is 3760. The summed E-state index contributed by atoms with van der Waals surface area (Å²) in [5.41, 5.74) is -0.887. The van der Waals surface area contributed by atoms with Crippen LogP contribution in [0.4, 0.5) is 9.59 Å². The highest BCUT2D eigenvalue weighted by Crippen LogP contribution is 2.47. The summed E-state index contributed by atoms with van der Waals surface area (Å²) >= 11 is 0. The lowest BCUT2D eigenvalue weighted by molar-refractivity contribution is -0.143. The molecule has 6 aliphatic rings. The van der Waals surface area contributed by atoms with Gasteiger partial charge in [0.25, 0.3) is 0 Å². The number of alkyl carbamates (subject to hydrolysis) is 2. The van der Waals surface area contributed by atoms with E-state index in [4.69, 9.17) is 18.9 Å². The van der Waals surface area contributed by atoms with Gasteiger partial charge >= 0.3 is 12.2 Å². The topological polar surface area (TPSA) is 328 Å². The lowest BCUT2D eigenvalue weighted by Crippen LogP contribution is -2.59. The molecule has 2 saturated heterocycles. The van der Waals surface area contributed by atoms with Gasteiger partial charge in [-0.15, -0.1) is 13.2 Å². The Morgan fingerprint density at radius 1 is 0.646 bits per heavy atom. The first-order valence-corrected chi connectivity index (χ1v) is 33.1. The number of fused-ring (bicyclic) bond motifs is 2. The molecule has 6 amide bonds. The van der Waals surface area contributed by atoms with Gasteiger partial charge in [-0.25, -0.2) is 14.6 Å². The van der Waals surface area contributed by atoms with Gasteiger partial charge in [0, 0.05) is 74.0 Å². The summed E-state index contributed by atoms with van der Waals surface area (Å²) in [5.74, 6) is -1.92. The lowest BCUT2D eigenvalue weighted by atomic mass is 9.85. The third kappa shape index (κ3) is 18.9. The van der Waals surface area contributed by atoms with E-state index in [0.29, 0.717) is 51.8 Å². The van der Waals surface area contributed by atoms with Gasteiger partial charge in [-0.05, 0) is 126 Å². The van der Waals surface area contributed by atoms with Crippen molar-refractivity contribution < 1.29 is 72.0 Å². The number of aryl methyl sites for hydroxylation is 1. The fraction of sp³-hybridized carbons (Fsp3) is 0.573. The number of amides is 6. The van der Waals surface area contributed by atoms with Crippen LogP contribution < -0.4 is 36.2 Å². The molecule has 0 bridgehead atoms. The largest absolute Gasteiger partial charge is 0.497 e. The van der Waals surface area contributed by atoms with E-state index in [9.17, 15) is 57.8 Å². The molecule has 6 fully saturated rings. The zero-order chi connectivity index (χ0) is 70.5. The number of aromatic nitrogens is 2. The molecule has 2 aromatic heterocycles. The highest BCUT2D eigenvalue weighted by atomic mass is 16.6. The minimum atomic E-state index is -1.06. The number of nitrogens with zero attached hydrogens (tertiary/aromatic N) is 3. The molecule has 2 aliphatic heterocycles. The zero-order valence-corrected chi connectivity index (χ0v) is 57.3. The molecule has 6 N–H and O–H groups in total. The minimum absolute atomic E-state index is 0. The van der Waals surface area contributed by atoms with Crippen LogP contribution in [0.15, 0.2) is 78.6 Å². The van der Waals surface area contributed by atoms with E-state index >= 15 is 0 Å². The molecule has 4 saturated carbocycles. The van der Waals surface area contributed by atoms with Crippen LogP contribution in [0.1, 0.15) is 195 Å². The van der Waals surface area contributed by atoms with Crippen molar-refractivity contribution in [3.63, 3.8) is 0 Å². The Morgan fingerprint density at radius 2 is 1.12 bits per heavy atom. The van der Waals surface area contributed by atoms with Crippen molar-refractivity contribution >= 4 is 80.8 Å². The molecule has 24 heteroatoms. The molecule has 4 aromatic rings. The number of ether oxygens (including phenoxy) is 4. The van der Waals surface area contributed by atoms with Crippen molar-refractivity contribution in [3.8, 4) is 11.5 Å². The number of likely N-dealkylation sites (tertiary alicyclic amines) is 2. The summed E-state index contributed by atoms with van der Waals surface area (Å²) in [6.07, 6.45) is 8.40. The van der Waals surface area contributed by atoms with Crippen LogP contribution in [0.2, 0.25) is 0 Å². The van der Waals surface area contributed by atoms with Crippen molar-refractivity contribution in [1.29, 1.82) is 0 Å². The third-order valence-corrected chi connectivity index (χ3v) is 19.2. The predicted octanol–water partition coefficient (Wildman–Crippen LogP) is 10.2. The second-order valence-electron chi connectivity index (χ2n) is 28.6. The van der Waals surface area contributed by atoms with E-state index in [1.165, 1.54) is 43.6 Å². The lowest BCUT2D eigenvalue weighted by Gasteiger charge is -2.35. The van der Waals surface area contributed by atoms with E-state index in [1.54, 1.807) is 43.5 Å². The van der Waals surface area contributed by atoms with Gasteiger partial charge in [-0.3, -0.25) is 43.2 Å². The number of aliphatic hydroxyl groups is 1. The first kappa shape index (κ1) is 80.9. The number of β-amino-alcohol motifs (C(OH)–C–C–N with tert-alkyl or cyclic N) is 1. The summed E-state index contributed by atoms with van der Waals surface area (Å²) in [7, 11) is 1.55. The number of H-pyrrole nitrogens is 1. The molecule has 99 heavy (non-hydrogen) atoms. The van der Waals surface area contributed by atoms with Crippen LogP contribution in [0.25, 0.3) is 21.8 Å². The number of hydrogen-bond acceptors (Lipinski definition) is 17. The summed E-state index contributed by atoms with van der Waals surface area (Å²) in [6, 6.07) is 9.76. The van der Waals surface area contributed by atoms with E-state index in [-0.39, 0.29) is 107 Å². The Labute approximate surface area is 581 Å². The van der Waals surface area contributed by atoms with Gasteiger partial charge in [0.15, 0.2) is 28.6 Å². The number of hydrogen-bond donors (Lipinski definition) is 6. The van der Waals surface area contributed by atoms with Crippen LogP contribution in [0.3, 0.4) is 0 Å². The van der Waals surface area contributed by atoms with Gasteiger partial charge in [0.1, 0.15) is 70.8 Å². The highest BCUT2D eigenvalue weighted by molar-refractivity contribution is 6.01. The molecule has 4 aliphatic carbocycles. The minimum Gasteiger partial charge on any atom is -0.497 e. The van der Waals surface area contributed by atoms with Gasteiger partial charge in [-0.1, -0.05) is 82.0 Å². The average molecular weight is 1380 g/mol. The number of carbonyl (C=O) groups excluding carboxylic acids is 10. The molecule has 542 valence electrons. The van der Waals surface area contributed by atoms with E-state index < -0.39 is 94.1 Å². The number of methoxy groups -OCH3 is 1. The first-order chi connectivity index (χ1) is 45.1. The Balaban J connectivity index is 0.000000295. The second kappa shape index (κ2) is 32.9. The molecule has 0 spiro atoms. The zero-order valence-electron chi connectivity index (χ0n) is 57.3. The molecule has 0 radical (unpaired) electrons. The summed E-state index contributed by atoms with van der Waals surface area (Å²) < 4.78 is 22.6. The quantitative estimate of drug-likeness (QED) is 0.0375. The average Bonchev–Trinajstić information content (AvgIpc) is 1.60. The molecular formula is C75H106N8O16. The maximum absolute atomic E-state index is 14.4. The number of aliphatic hydroxyl groups excluding tert-OH is 1. The number of Topliss-reactive ketones (excluding diaryl/α,β-unsaturated/α-hetero) is 4. The number of benzene rings is 2. The molecule has 0 unspecified atom stereocenters. The van der Waals surface area contributed by atoms with E-state index in [2.05, 4.69) is 44.4 Å².